The van der Waals surface area contributed by atoms with Gasteiger partial charge in [0, 0.05) is 12.1 Å². The van der Waals surface area contributed by atoms with Crippen LogP contribution >= 0.6 is 0 Å². The van der Waals surface area contributed by atoms with Crippen LogP contribution in [-0.2, 0) is 9.53 Å². The third kappa shape index (κ3) is 2.55. The number of hydrogen-bond acceptors (Lipinski definition) is 3. The van der Waals surface area contributed by atoms with Crippen LogP contribution in [0.3, 0.4) is 0 Å². The molecular weight excluding hydrogens is 204 g/mol. The second-order valence-corrected chi connectivity index (χ2v) is 5.15. The van der Waals surface area contributed by atoms with E-state index in [1.165, 1.54) is 25.7 Å². The molecule has 3 atom stereocenters. The monoisotopic (exact) mass is 226 g/mol. The Bertz CT molecular complexity index is 251. The molecule has 92 valence electrons. The summed E-state index contributed by atoms with van der Waals surface area (Å²) in [6, 6.07) is 0.151. The predicted octanol–water partition coefficient (Wildman–Crippen LogP) is 0.655. The summed E-state index contributed by atoms with van der Waals surface area (Å²) in [6.45, 7) is 3.09. The third-order valence-electron chi connectivity index (χ3n) is 3.94. The molecule has 1 amide bonds. The molecule has 2 rings (SSSR count). The zero-order valence-corrected chi connectivity index (χ0v) is 9.95. The van der Waals surface area contributed by atoms with E-state index < -0.39 is 0 Å². The standard InChI is InChI=1S/C12H22N2O2/c1-8(9-4-2-3-5-9)14-12(15)10-6-16-7-11(10)13/h8-11H,2-7,13H2,1H3,(H,14,15)/t8-,10?,11?/m1/s1. The van der Waals surface area contributed by atoms with E-state index in [1.54, 1.807) is 0 Å². The van der Waals surface area contributed by atoms with E-state index in [0.29, 0.717) is 19.1 Å². The SMILES string of the molecule is C[C@@H](NC(=O)C1COCC1N)C1CCCC1. The van der Waals surface area contributed by atoms with Crippen LogP contribution in [0, 0.1) is 11.8 Å². The minimum Gasteiger partial charge on any atom is -0.379 e. The van der Waals surface area contributed by atoms with Crippen LogP contribution in [0.15, 0.2) is 0 Å². The van der Waals surface area contributed by atoms with Gasteiger partial charge < -0.3 is 15.8 Å². The lowest BCUT2D eigenvalue weighted by molar-refractivity contribution is -0.126. The van der Waals surface area contributed by atoms with Crippen LogP contribution in [0.1, 0.15) is 32.6 Å². The fraction of sp³-hybridized carbons (Fsp3) is 0.917. The molecule has 0 spiro atoms. The van der Waals surface area contributed by atoms with Crippen LogP contribution in [0.2, 0.25) is 0 Å². The van der Waals surface area contributed by atoms with Gasteiger partial charge in [-0.3, -0.25) is 4.79 Å². The quantitative estimate of drug-likeness (QED) is 0.743. The van der Waals surface area contributed by atoms with Crippen LogP contribution in [0.25, 0.3) is 0 Å². The molecule has 1 heterocycles. The van der Waals surface area contributed by atoms with Gasteiger partial charge in [-0.1, -0.05) is 12.8 Å². The molecule has 0 bridgehead atoms. The van der Waals surface area contributed by atoms with Crippen molar-refractivity contribution in [1.29, 1.82) is 0 Å². The van der Waals surface area contributed by atoms with Crippen molar-refractivity contribution in [2.75, 3.05) is 13.2 Å². The molecule has 4 heteroatoms. The first-order valence-corrected chi connectivity index (χ1v) is 6.32. The first-order valence-electron chi connectivity index (χ1n) is 6.32. The minimum atomic E-state index is -0.149. The molecule has 0 aromatic rings. The maximum atomic E-state index is 12.0. The van der Waals surface area contributed by atoms with Crippen molar-refractivity contribution in [2.45, 2.75) is 44.7 Å². The van der Waals surface area contributed by atoms with E-state index in [0.717, 1.165) is 0 Å². The average molecular weight is 226 g/mol. The minimum absolute atomic E-state index is 0.0735. The molecule has 4 nitrogen and oxygen atoms in total. The number of nitrogens with one attached hydrogen (secondary N) is 1. The van der Waals surface area contributed by atoms with Crippen molar-refractivity contribution >= 4 is 5.91 Å². The van der Waals surface area contributed by atoms with E-state index in [9.17, 15) is 4.79 Å². The highest BCUT2D eigenvalue weighted by Crippen LogP contribution is 2.27. The normalized spacial score (nSPS) is 32.9. The molecule has 0 radical (unpaired) electrons. The number of ether oxygens (including phenoxy) is 1. The number of nitrogens with two attached hydrogens (primary N) is 1. The maximum Gasteiger partial charge on any atom is 0.227 e. The van der Waals surface area contributed by atoms with E-state index >= 15 is 0 Å². The summed E-state index contributed by atoms with van der Waals surface area (Å²) < 4.78 is 5.21. The Balaban J connectivity index is 1.81. The summed E-state index contributed by atoms with van der Waals surface area (Å²) in [6.07, 6.45) is 5.09. The Morgan fingerprint density at radius 1 is 1.38 bits per heavy atom. The highest BCUT2D eigenvalue weighted by atomic mass is 16.5. The van der Waals surface area contributed by atoms with E-state index in [-0.39, 0.29) is 23.9 Å². The van der Waals surface area contributed by atoms with Crippen LogP contribution in [-0.4, -0.2) is 31.2 Å². The van der Waals surface area contributed by atoms with E-state index in [1.807, 2.05) is 0 Å². The fourth-order valence-electron chi connectivity index (χ4n) is 2.75. The van der Waals surface area contributed by atoms with Crippen molar-refractivity contribution in [1.82, 2.24) is 5.32 Å². The zero-order chi connectivity index (χ0) is 11.5. The molecule has 0 aromatic heterocycles. The first kappa shape index (κ1) is 11.9. The maximum absolute atomic E-state index is 12.0. The second-order valence-electron chi connectivity index (χ2n) is 5.15. The Hall–Kier alpha value is -0.610. The Morgan fingerprint density at radius 2 is 2.06 bits per heavy atom. The predicted molar refractivity (Wildman–Crippen MR) is 61.8 cm³/mol. The van der Waals surface area contributed by atoms with Gasteiger partial charge in [0.1, 0.15) is 0 Å². The molecule has 1 aliphatic heterocycles. The van der Waals surface area contributed by atoms with Gasteiger partial charge in [-0.15, -0.1) is 0 Å². The highest BCUT2D eigenvalue weighted by molar-refractivity contribution is 5.80. The Morgan fingerprint density at radius 3 is 2.62 bits per heavy atom. The highest BCUT2D eigenvalue weighted by Gasteiger charge is 2.33. The van der Waals surface area contributed by atoms with Crippen LogP contribution in [0.4, 0.5) is 0 Å². The van der Waals surface area contributed by atoms with Crippen molar-refractivity contribution in [3.63, 3.8) is 0 Å². The number of hydrogen-bond donors (Lipinski definition) is 2. The molecule has 2 unspecified atom stereocenters. The molecule has 3 N–H and O–H groups in total. The zero-order valence-electron chi connectivity index (χ0n) is 9.95. The van der Waals surface area contributed by atoms with Crippen molar-refractivity contribution in [3.8, 4) is 0 Å². The van der Waals surface area contributed by atoms with Crippen LogP contribution in [0.5, 0.6) is 0 Å². The summed E-state index contributed by atoms with van der Waals surface area (Å²) in [5, 5.41) is 3.10. The lowest BCUT2D eigenvalue weighted by Crippen LogP contribution is -2.46. The van der Waals surface area contributed by atoms with Gasteiger partial charge in [-0.05, 0) is 25.7 Å². The third-order valence-corrected chi connectivity index (χ3v) is 3.94. The first-order chi connectivity index (χ1) is 7.68. The van der Waals surface area contributed by atoms with Gasteiger partial charge in [0.05, 0.1) is 19.1 Å². The van der Waals surface area contributed by atoms with E-state index in [2.05, 4.69) is 12.2 Å². The summed E-state index contributed by atoms with van der Waals surface area (Å²) in [5.41, 5.74) is 5.82. The van der Waals surface area contributed by atoms with Crippen molar-refractivity contribution < 1.29 is 9.53 Å². The molecule has 1 saturated heterocycles. The van der Waals surface area contributed by atoms with Gasteiger partial charge in [0.2, 0.25) is 5.91 Å². The molecule has 16 heavy (non-hydrogen) atoms. The smallest absolute Gasteiger partial charge is 0.227 e. The van der Waals surface area contributed by atoms with Crippen molar-refractivity contribution in [3.05, 3.63) is 0 Å². The van der Waals surface area contributed by atoms with Gasteiger partial charge >= 0.3 is 0 Å². The molecular formula is C12H22N2O2. The van der Waals surface area contributed by atoms with Gasteiger partial charge in [0.15, 0.2) is 0 Å². The largest absolute Gasteiger partial charge is 0.379 e. The Labute approximate surface area is 96.9 Å². The molecule has 0 aromatic carbocycles. The summed E-state index contributed by atoms with van der Waals surface area (Å²) >= 11 is 0. The fourth-order valence-corrected chi connectivity index (χ4v) is 2.75. The summed E-state index contributed by atoms with van der Waals surface area (Å²) in [5.74, 6) is 0.579. The molecule has 2 aliphatic rings. The second kappa shape index (κ2) is 5.15. The van der Waals surface area contributed by atoms with Crippen molar-refractivity contribution in [2.24, 2.45) is 17.6 Å². The number of amides is 1. The Kier molecular flexibility index (Phi) is 3.82. The van der Waals surface area contributed by atoms with E-state index in [4.69, 9.17) is 10.5 Å². The number of carbonyl (C=O) groups excluding carboxylic acids is 1. The molecule has 2 fully saturated rings. The summed E-state index contributed by atoms with van der Waals surface area (Å²) in [4.78, 5) is 12.0. The number of rotatable bonds is 3. The lowest BCUT2D eigenvalue weighted by atomic mass is 9.97. The lowest BCUT2D eigenvalue weighted by Gasteiger charge is -2.23. The average Bonchev–Trinajstić information content (AvgIpc) is 2.86. The van der Waals surface area contributed by atoms with Gasteiger partial charge in [-0.2, -0.15) is 0 Å². The van der Waals surface area contributed by atoms with Crippen LogP contribution < -0.4 is 11.1 Å². The van der Waals surface area contributed by atoms with Gasteiger partial charge in [0.25, 0.3) is 0 Å². The molecule has 1 saturated carbocycles. The summed E-state index contributed by atoms with van der Waals surface area (Å²) in [7, 11) is 0. The number of carbonyl (C=O) groups is 1. The molecule has 1 aliphatic carbocycles. The van der Waals surface area contributed by atoms with Gasteiger partial charge in [-0.25, -0.2) is 0 Å². The topological polar surface area (TPSA) is 64.3 Å².